The molecule has 1 heterocycles. The Morgan fingerprint density at radius 3 is 2.60 bits per heavy atom. The van der Waals surface area contributed by atoms with E-state index in [1.807, 2.05) is 0 Å². The number of para-hydroxylation sites is 1. The smallest absolute Gasteiger partial charge is 0.252 e. The van der Waals surface area contributed by atoms with E-state index in [-0.39, 0.29) is 12.5 Å². The van der Waals surface area contributed by atoms with Gasteiger partial charge in [0.2, 0.25) is 0 Å². The Bertz CT molecular complexity index is 571. The van der Waals surface area contributed by atoms with Crippen molar-refractivity contribution in [1.82, 2.24) is 10.3 Å². The molecule has 6 heteroatoms. The van der Waals surface area contributed by atoms with E-state index >= 15 is 0 Å². The third kappa shape index (κ3) is 3.85. The number of pyridine rings is 1. The molecule has 0 atom stereocenters. The highest BCUT2D eigenvalue weighted by molar-refractivity contribution is 6.37. The Kier molecular flexibility index (Phi) is 5.21. The lowest BCUT2D eigenvalue weighted by Gasteiger charge is -2.10. The van der Waals surface area contributed by atoms with Crippen LogP contribution in [0.25, 0.3) is 0 Å². The Labute approximate surface area is 126 Å². The first kappa shape index (κ1) is 14.6. The molecule has 0 fully saturated rings. The molecular formula is C14H12Cl2N2O2. The van der Waals surface area contributed by atoms with Crippen LogP contribution in [0.15, 0.2) is 42.7 Å². The van der Waals surface area contributed by atoms with Crippen molar-refractivity contribution in [3.8, 4) is 5.75 Å². The number of nitrogens with zero attached hydrogens (tertiary/aromatic N) is 1. The van der Waals surface area contributed by atoms with Gasteiger partial charge in [-0.1, -0.05) is 29.3 Å². The molecule has 0 bridgehead atoms. The molecule has 0 saturated heterocycles. The topological polar surface area (TPSA) is 51.2 Å². The molecule has 0 aliphatic rings. The number of amides is 1. The average molecular weight is 311 g/mol. The first-order valence-electron chi connectivity index (χ1n) is 5.93. The minimum atomic E-state index is -0.202. The van der Waals surface area contributed by atoms with Gasteiger partial charge in [-0.15, -0.1) is 0 Å². The SMILES string of the molecule is O=C(NCCOc1c(Cl)cccc1Cl)c1cccnc1. The molecule has 0 unspecified atom stereocenters. The lowest BCUT2D eigenvalue weighted by atomic mass is 10.3. The summed E-state index contributed by atoms with van der Waals surface area (Å²) in [6.45, 7) is 0.616. The molecule has 4 nitrogen and oxygen atoms in total. The van der Waals surface area contributed by atoms with E-state index in [1.54, 1.807) is 36.5 Å². The molecule has 2 rings (SSSR count). The average Bonchev–Trinajstić information content (AvgIpc) is 2.46. The summed E-state index contributed by atoms with van der Waals surface area (Å²) in [6, 6.07) is 8.51. The van der Waals surface area contributed by atoms with E-state index in [4.69, 9.17) is 27.9 Å². The molecule has 1 aromatic heterocycles. The second-order valence-electron chi connectivity index (χ2n) is 3.90. The lowest BCUT2D eigenvalue weighted by Crippen LogP contribution is -2.28. The molecule has 0 spiro atoms. The Hall–Kier alpha value is -1.78. The van der Waals surface area contributed by atoms with Crippen molar-refractivity contribution in [2.75, 3.05) is 13.2 Å². The van der Waals surface area contributed by atoms with Gasteiger partial charge in [0.05, 0.1) is 22.2 Å². The summed E-state index contributed by atoms with van der Waals surface area (Å²) in [7, 11) is 0. The highest BCUT2D eigenvalue weighted by atomic mass is 35.5. The van der Waals surface area contributed by atoms with Crippen LogP contribution in [0.3, 0.4) is 0 Å². The van der Waals surface area contributed by atoms with Gasteiger partial charge in [-0.05, 0) is 24.3 Å². The number of nitrogens with one attached hydrogen (secondary N) is 1. The predicted molar refractivity (Wildman–Crippen MR) is 78.5 cm³/mol. The molecule has 20 heavy (non-hydrogen) atoms. The van der Waals surface area contributed by atoms with E-state index in [2.05, 4.69) is 10.3 Å². The maximum absolute atomic E-state index is 11.7. The summed E-state index contributed by atoms with van der Waals surface area (Å²) >= 11 is 11.9. The minimum absolute atomic E-state index is 0.202. The van der Waals surface area contributed by atoms with Crippen molar-refractivity contribution in [1.29, 1.82) is 0 Å². The second kappa shape index (κ2) is 7.12. The van der Waals surface area contributed by atoms with Crippen molar-refractivity contribution in [2.24, 2.45) is 0 Å². The summed E-state index contributed by atoms with van der Waals surface area (Å²) in [5.74, 6) is 0.221. The largest absolute Gasteiger partial charge is 0.489 e. The number of carbonyl (C=O) groups is 1. The molecule has 0 aliphatic heterocycles. The first-order valence-corrected chi connectivity index (χ1v) is 6.69. The van der Waals surface area contributed by atoms with Crippen LogP contribution in [0.2, 0.25) is 10.0 Å². The van der Waals surface area contributed by atoms with Gasteiger partial charge >= 0.3 is 0 Å². The van der Waals surface area contributed by atoms with Crippen LogP contribution < -0.4 is 10.1 Å². The molecule has 1 aromatic carbocycles. The van der Waals surface area contributed by atoms with Crippen LogP contribution in [0, 0.1) is 0 Å². The quantitative estimate of drug-likeness (QED) is 0.863. The summed E-state index contributed by atoms with van der Waals surface area (Å²) < 4.78 is 5.46. The first-order chi connectivity index (χ1) is 9.68. The van der Waals surface area contributed by atoms with Gasteiger partial charge in [-0.3, -0.25) is 9.78 Å². The number of benzene rings is 1. The van der Waals surface area contributed by atoms with Gasteiger partial charge in [0, 0.05) is 12.4 Å². The molecule has 1 N–H and O–H groups in total. The van der Waals surface area contributed by atoms with Crippen LogP contribution in [-0.2, 0) is 0 Å². The van der Waals surface area contributed by atoms with E-state index in [0.29, 0.717) is 27.9 Å². The standard InChI is InChI=1S/C14H12Cl2N2O2/c15-11-4-1-5-12(16)13(11)20-8-7-18-14(19)10-3-2-6-17-9-10/h1-6,9H,7-8H2,(H,18,19). The predicted octanol–water partition coefficient (Wildman–Crippen LogP) is 3.20. The van der Waals surface area contributed by atoms with Gasteiger partial charge < -0.3 is 10.1 Å². The number of rotatable bonds is 5. The van der Waals surface area contributed by atoms with E-state index in [1.165, 1.54) is 6.20 Å². The Morgan fingerprint density at radius 1 is 1.20 bits per heavy atom. The monoisotopic (exact) mass is 310 g/mol. The third-order valence-corrected chi connectivity index (χ3v) is 3.07. The summed E-state index contributed by atoms with van der Waals surface area (Å²) in [6.07, 6.45) is 3.11. The number of halogens is 2. The number of carbonyl (C=O) groups excluding carboxylic acids is 1. The maximum Gasteiger partial charge on any atom is 0.252 e. The lowest BCUT2D eigenvalue weighted by molar-refractivity contribution is 0.0946. The molecule has 1 amide bonds. The number of hydrogen-bond acceptors (Lipinski definition) is 3. The van der Waals surface area contributed by atoms with Crippen LogP contribution in [0.1, 0.15) is 10.4 Å². The number of ether oxygens (including phenoxy) is 1. The zero-order chi connectivity index (χ0) is 14.4. The maximum atomic E-state index is 11.7. The third-order valence-electron chi connectivity index (χ3n) is 2.48. The fourth-order valence-electron chi connectivity index (χ4n) is 1.54. The Morgan fingerprint density at radius 2 is 1.95 bits per heavy atom. The second-order valence-corrected chi connectivity index (χ2v) is 4.71. The van der Waals surface area contributed by atoms with E-state index in [0.717, 1.165) is 0 Å². The van der Waals surface area contributed by atoms with E-state index < -0.39 is 0 Å². The summed E-state index contributed by atoms with van der Waals surface area (Å²) in [5, 5.41) is 3.60. The van der Waals surface area contributed by atoms with Crippen LogP contribution in [-0.4, -0.2) is 24.0 Å². The van der Waals surface area contributed by atoms with Crippen molar-refractivity contribution in [3.63, 3.8) is 0 Å². The minimum Gasteiger partial charge on any atom is -0.489 e. The molecule has 2 aromatic rings. The van der Waals surface area contributed by atoms with Crippen molar-refractivity contribution in [2.45, 2.75) is 0 Å². The van der Waals surface area contributed by atoms with Crippen LogP contribution in [0.4, 0.5) is 0 Å². The normalized spacial score (nSPS) is 10.1. The van der Waals surface area contributed by atoms with Crippen molar-refractivity contribution in [3.05, 3.63) is 58.3 Å². The highest BCUT2D eigenvalue weighted by Gasteiger charge is 2.07. The summed E-state index contributed by atoms with van der Waals surface area (Å²) in [4.78, 5) is 15.6. The fraction of sp³-hybridized carbons (Fsp3) is 0.143. The van der Waals surface area contributed by atoms with Crippen molar-refractivity contribution >= 4 is 29.1 Å². The van der Waals surface area contributed by atoms with Gasteiger partial charge in [-0.2, -0.15) is 0 Å². The van der Waals surface area contributed by atoms with Gasteiger partial charge in [0.15, 0.2) is 5.75 Å². The van der Waals surface area contributed by atoms with Gasteiger partial charge in [0.1, 0.15) is 6.61 Å². The zero-order valence-electron chi connectivity index (χ0n) is 10.5. The number of aromatic nitrogens is 1. The van der Waals surface area contributed by atoms with E-state index in [9.17, 15) is 4.79 Å². The highest BCUT2D eigenvalue weighted by Crippen LogP contribution is 2.32. The summed E-state index contributed by atoms with van der Waals surface area (Å²) in [5.41, 5.74) is 0.503. The Balaban J connectivity index is 1.81. The fourth-order valence-corrected chi connectivity index (χ4v) is 2.04. The number of hydrogen-bond donors (Lipinski definition) is 1. The van der Waals surface area contributed by atoms with Gasteiger partial charge in [-0.25, -0.2) is 0 Å². The molecule has 104 valence electrons. The molecule has 0 aliphatic carbocycles. The molecular weight excluding hydrogens is 299 g/mol. The van der Waals surface area contributed by atoms with Crippen molar-refractivity contribution < 1.29 is 9.53 Å². The van der Waals surface area contributed by atoms with Crippen LogP contribution in [0.5, 0.6) is 5.75 Å². The molecule has 0 radical (unpaired) electrons. The molecule has 0 saturated carbocycles. The zero-order valence-corrected chi connectivity index (χ0v) is 12.0. The van der Waals surface area contributed by atoms with Gasteiger partial charge in [0.25, 0.3) is 5.91 Å². The van der Waals surface area contributed by atoms with Crippen LogP contribution >= 0.6 is 23.2 Å².